The molecule has 6 nitrogen and oxygen atoms in total. The first kappa shape index (κ1) is 12.1. The van der Waals surface area contributed by atoms with E-state index in [2.05, 4.69) is 9.97 Å². The van der Waals surface area contributed by atoms with Gasteiger partial charge in [-0.3, -0.25) is 4.79 Å². The van der Waals surface area contributed by atoms with E-state index in [0.717, 1.165) is 0 Å². The van der Waals surface area contributed by atoms with Gasteiger partial charge in [0.2, 0.25) is 11.8 Å². The average Bonchev–Trinajstić information content (AvgIpc) is 2.86. The van der Waals surface area contributed by atoms with Crippen LogP contribution in [0.25, 0.3) is 11.5 Å². The molecule has 0 atom stereocenters. The number of rotatable bonds is 4. The van der Waals surface area contributed by atoms with Gasteiger partial charge in [0.05, 0.1) is 7.11 Å². The molecular weight excluding hydrogens is 234 g/mol. The van der Waals surface area contributed by atoms with Gasteiger partial charge in [-0.2, -0.15) is 4.98 Å². The van der Waals surface area contributed by atoms with Crippen LogP contribution in [0.15, 0.2) is 22.6 Å². The van der Waals surface area contributed by atoms with Gasteiger partial charge in [-0.05, 0) is 12.1 Å². The first-order valence-electron chi connectivity index (χ1n) is 5.30. The molecular formula is C12H13N3O3. The minimum atomic E-state index is 0.258. The van der Waals surface area contributed by atoms with Gasteiger partial charge >= 0.3 is 0 Å². The number of hydrogen-bond acceptors (Lipinski definition) is 6. The van der Waals surface area contributed by atoms with E-state index in [4.69, 9.17) is 9.15 Å². The highest BCUT2D eigenvalue weighted by molar-refractivity contribution is 5.72. The number of hydrogen-bond donors (Lipinski definition) is 0. The molecule has 0 aliphatic rings. The molecule has 0 saturated heterocycles. The minimum absolute atomic E-state index is 0.258. The molecule has 0 aliphatic heterocycles. The van der Waals surface area contributed by atoms with Crippen LogP contribution in [0.2, 0.25) is 0 Å². The topological polar surface area (TPSA) is 68.5 Å². The van der Waals surface area contributed by atoms with Crippen molar-refractivity contribution in [1.82, 2.24) is 9.97 Å². The summed E-state index contributed by atoms with van der Waals surface area (Å²) in [5, 5.41) is 0. The SMILES string of the molecule is COc1cc(-c2ccc(C=O)o2)nc(N(C)C)n1. The van der Waals surface area contributed by atoms with Gasteiger partial charge in [-0.1, -0.05) is 0 Å². The van der Waals surface area contributed by atoms with Crippen molar-refractivity contribution >= 4 is 12.2 Å². The third-order valence-electron chi connectivity index (χ3n) is 2.30. The summed E-state index contributed by atoms with van der Waals surface area (Å²) in [7, 11) is 5.19. The standard InChI is InChI=1S/C12H13N3O3/c1-15(2)12-13-9(6-11(14-12)17-3)10-5-4-8(7-16)18-10/h4-7H,1-3H3. The van der Waals surface area contributed by atoms with Crippen LogP contribution in [0.4, 0.5) is 5.95 Å². The monoisotopic (exact) mass is 247 g/mol. The molecule has 2 aromatic rings. The van der Waals surface area contributed by atoms with Crippen LogP contribution in [-0.4, -0.2) is 37.5 Å². The Balaban J connectivity index is 2.48. The lowest BCUT2D eigenvalue weighted by Gasteiger charge is -2.12. The van der Waals surface area contributed by atoms with Crippen LogP contribution < -0.4 is 9.64 Å². The smallest absolute Gasteiger partial charge is 0.228 e. The Labute approximate surface area is 104 Å². The van der Waals surface area contributed by atoms with Crippen molar-refractivity contribution in [3.05, 3.63) is 24.0 Å². The summed E-state index contributed by atoms with van der Waals surface area (Å²) in [4.78, 5) is 20.9. The van der Waals surface area contributed by atoms with Crippen molar-refractivity contribution in [3.63, 3.8) is 0 Å². The Kier molecular flexibility index (Phi) is 3.27. The number of nitrogens with zero attached hydrogens (tertiary/aromatic N) is 3. The third-order valence-corrected chi connectivity index (χ3v) is 2.30. The van der Waals surface area contributed by atoms with Crippen molar-refractivity contribution in [3.8, 4) is 17.3 Å². The summed E-state index contributed by atoms with van der Waals surface area (Å²) in [5.41, 5.74) is 0.568. The summed E-state index contributed by atoms with van der Waals surface area (Å²) in [6.07, 6.45) is 0.648. The Morgan fingerprint density at radius 1 is 1.33 bits per heavy atom. The maximum atomic E-state index is 10.6. The molecule has 0 saturated carbocycles. The highest BCUT2D eigenvalue weighted by Gasteiger charge is 2.11. The van der Waals surface area contributed by atoms with Crippen molar-refractivity contribution in [1.29, 1.82) is 0 Å². The second-order valence-corrected chi connectivity index (χ2v) is 3.81. The third kappa shape index (κ3) is 2.32. The lowest BCUT2D eigenvalue weighted by Crippen LogP contribution is -2.13. The molecule has 0 aliphatic carbocycles. The van der Waals surface area contributed by atoms with Gasteiger partial charge in [0.1, 0.15) is 5.69 Å². The molecule has 18 heavy (non-hydrogen) atoms. The van der Waals surface area contributed by atoms with E-state index in [-0.39, 0.29) is 5.76 Å². The molecule has 0 amide bonds. The molecule has 0 radical (unpaired) electrons. The van der Waals surface area contributed by atoms with E-state index in [1.54, 1.807) is 23.1 Å². The van der Waals surface area contributed by atoms with Gasteiger partial charge < -0.3 is 14.1 Å². The quantitative estimate of drug-likeness (QED) is 0.765. The second-order valence-electron chi connectivity index (χ2n) is 3.81. The van der Waals surface area contributed by atoms with Gasteiger partial charge in [0.25, 0.3) is 0 Å². The summed E-state index contributed by atoms with van der Waals surface area (Å²) in [6, 6.07) is 4.93. The molecule has 2 rings (SSSR count). The van der Waals surface area contributed by atoms with Gasteiger partial charge in [0.15, 0.2) is 17.8 Å². The minimum Gasteiger partial charge on any atom is -0.481 e. The predicted molar refractivity (Wildman–Crippen MR) is 66.0 cm³/mol. The van der Waals surface area contributed by atoms with E-state index < -0.39 is 0 Å². The molecule has 94 valence electrons. The van der Waals surface area contributed by atoms with Crippen molar-refractivity contribution in [2.75, 3.05) is 26.1 Å². The summed E-state index contributed by atoms with van der Waals surface area (Å²) >= 11 is 0. The molecule has 0 fully saturated rings. The summed E-state index contributed by atoms with van der Waals surface area (Å²) < 4.78 is 10.4. The Morgan fingerprint density at radius 2 is 2.11 bits per heavy atom. The molecule has 2 aromatic heterocycles. The molecule has 0 N–H and O–H groups in total. The van der Waals surface area contributed by atoms with Gasteiger partial charge in [0, 0.05) is 20.2 Å². The normalized spacial score (nSPS) is 10.2. The van der Waals surface area contributed by atoms with E-state index >= 15 is 0 Å². The fourth-order valence-corrected chi connectivity index (χ4v) is 1.40. The van der Waals surface area contributed by atoms with Crippen molar-refractivity contribution in [2.24, 2.45) is 0 Å². The van der Waals surface area contributed by atoms with Gasteiger partial charge in [-0.15, -0.1) is 0 Å². The van der Waals surface area contributed by atoms with Crippen molar-refractivity contribution in [2.45, 2.75) is 0 Å². The van der Waals surface area contributed by atoms with Crippen LogP contribution in [0.5, 0.6) is 5.88 Å². The van der Waals surface area contributed by atoms with E-state index in [1.165, 1.54) is 7.11 Å². The maximum Gasteiger partial charge on any atom is 0.228 e. The number of furan rings is 1. The average molecular weight is 247 g/mol. The van der Waals surface area contributed by atoms with Crippen LogP contribution >= 0.6 is 0 Å². The maximum absolute atomic E-state index is 10.6. The van der Waals surface area contributed by atoms with Crippen LogP contribution in [-0.2, 0) is 0 Å². The molecule has 2 heterocycles. The zero-order valence-corrected chi connectivity index (χ0v) is 10.4. The zero-order valence-electron chi connectivity index (χ0n) is 10.4. The summed E-state index contributed by atoms with van der Waals surface area (Å²) in [5.74, 6) is 1.70. The molecule has 0 unspecified atom stereocenters. The van der Waals surface area contributed by atoms with Gasteiger partial charge in [-0.25, -0.2) is 4.98 Å². The number of anilines is 1. The summed E-state index contributed by atoms with van der Waals surface area (Å²) in [6.45, 7) is 0. The fourth-order valence-electron chi connectivity index (χ4n) is 1.40. The number of aldehydes is 1. The van der Waals surface area contributed by atoms with Crippen LogP contribution in [0, 0.1) is 0 Å². The fraction of sp³-hybridized carbons (Fsp3) is 0.250. The largest absolute Gasteiger partial charge is 0.481 e. The molecule has 0 spiro atoms. The van der Waals surface area contributed by atoms with E-state index in [1.807, 2.05) is 14.1 Å². The Bertz CT molecular complexity index is 563. The first-order chi connectivity index (χ1) is 8.63. The lowest BCUT2D eigenvalue weighted by atomic mass is 10.3. The van der Waals surface area contributed by atoms with Crippen LogP contribution in [0.3, 0.4) is 0 Å². The second kappa shape index (κ2) is 4.87. The number of methoxy groups -OCH3 is 1. The molecule has 6 heteroatoms. The van der Waals surface area contributed by atoms with E-state index in [9.17, 15) is 4.79 Å². The predicted octanol–water partition coefficient (Wildman–Crippen LogP) is 1.62. The van der Waals surface area contributed by atoms with Crippen LogP contribution in [0.1, 0.15) is 10.6 Å². The van der Waals surface area contributed by atoms with Crippen molar-refractivity contribution < 1.29 is 13.9 Å². The highest BCUT2D eigenvalue weighted by atomic mass is 16.5. The van der Waals surface area contributed by atoms with E-state index in [0.29, 0.717) is 29.6 Å². The first-order valence-corrected chi connectivity index (χ1v) is 5.30. The molecule has 0 aromatic carbocycles. The lowest BCUT2D eigenvalue weighted by molar-refractivity contribution is 0.110. The number of aromatic nitrogens is 2. The molecule has 0 bridgehead atoms. The number of carbonyl (C=O) groups excluding carboxylic acids is 1. The Morgan fingerprint density at radius 3 is 2.67 bits per heavy atom. The Hall–Kier alpha value is -2.37. The number of ether oxygens (including phenoxy) is 1. The zero-order chi connectivity index (χ0) is 13.1. The number of carbonyl (C=O) groups is 1. The highest BCUT2D eigenvalue weighted by Crippen LogP contribution is 2.24.